The topological polar surface area (TPSA) is 115 Å². The van der Waals surface area contributed by atoms with E-state index in [1.54, 1.807) is 40.5 Å². The predicted molar refractivity (Wildman–Crippen MR) is 152 cm³/mol. The normalized spacial score (nSPS) is 13.9. The van der Waals surface area contributed by atoms with Gasteiger partial charge in [-0.25, -0.2) is 9.78 Å². The van der Waals surface area contributed by atoms with Crippen LogP contribution in [-0.2, 0) is 14.3 Å². The summed E-state index contributed by atoms with van der Waals surface area (Å²) in [4.78, 5) is 43.7. The molecule has 204 valence electrons. The van der Waals surface area contributed by atoms with E-state index in [1.165, 1.54) is 19.3 Å². The van der Waals surface area contributed by atoms with Crippen molar-refractivity contribution in [2.45, 2.75) is 25.7 Å². The molecule has 1 aliphatic rings. The number of carbonyl (C=O) groups is 3. The van der Waals surface area contributed by atoms with E-state index in [1.807, 2.05) is 42.6 Å². The molecule has 40 heavy (non-hydrogen) atoms. The van der Waals surface area contributed by atoms with Crippen molar-refractivity contribution in [2.75, 3.05) is 25.5 Å². The number of ether oxygens (including phenoxy) is 1. The number of esters is 1. The van der Waals surface area contributed by atoms with Gasteiger partial charge in [-0.05, 0) is 31.9 Å². The van der Waals surface area contributed by atoms with Crippen LogP contribution < -0.4 is 5.32 Å². The van der Waals surface area contributed by atoms with Gasteiger partial charge < -0.3 is 19.5 Å². The number of methoxy groups -OCH3 is 1. The van der Waals surface area contributed by atoms with E-state index in [-0.39, 0.29) is 17.4 Å². The van der Waals surface area contributed by atoms with Crippen LogP contribution in [0, 0.1) is 6.92 Å². The Hall–Kier alpha value is -4.57. The van der Waals surface area contributed by atoms with Crippen molar-refractivity contribution in [3.05, 3.63) is 88.5 Å². The summed E-state index contributed by atoms with van der Waals surface area (Å²) >= 11 is 1.61. The van der Waals surface area contributed by atoms with Gasteiger partial charge in [0.15, 0.2) is 0 Å². The Balaban J connectivity index is 1.18. The molecule has 1 saturated heterocycles. The SMILES string of the molecule is COC(=O)c1ccccc1NC(=O)/C=C/C(=O)N1CCC(c2nc(-c3c(-c4ccccc4)noc3C)cs2)CC1. The Bertz CT molecular complexity index is 1550. The molecule has 0 radical (unpaired) electrons. The highest BCUT2D eigenvalue weighted by molar-refractivity contribution is 7.10. The molecule has 0 unspecified atom stereocenters. The second kappa shape index (κ2) is 12.1. The third-order valence-corrected chi connectivity index (χ3v) is 7.82. The summed E-state index contributed by atoms with van der Waals surface area (Å²) in [6, 6.07) is 16.4. The number of para-hydroxylation sites is 1. The molecule has 1 aliphatic heterocycles. The summed E-state index contributed by atoms with van der Waals surface area (Å²) in [5, 5.41) is 9.97. The maximum atomic E-state index is 12.7. The van der Waals surface area contributed by atoms with E-state index in [2.05, 4.69) is 10.5 Å². The molecule has 2 aromatic carbocycles. The van der Waals surface area contributed by atoms with Crippen molar-refractivity contribution in [2.24, 2.45) is 0 Å². The molecule has 9 nitrogen and oxygen atoms in total. The molecule has 0 aliphatic carbocycles. The van der Waals surface area contributed by atoms with Gasteiger partial charge in [0.2, 0.25) is 11.8 Å². The highest BCUT2D eigenvalue weighted by Crippen LogP contribution is 2.38. The van der Waals surface area contributed by atoms with E-state index in [0.717, 1.165) is 46.1 Å². The van der Waals surface area contributed by atoms with Crippen LogP contribution in [0.2, 0.25) is 0 Å². The first-order valence-corrected chi connectivity index (χ1v) is 13.8. The number of benzene rings is 2. The Labute approximate surface area is 235 Å². The summed E-state index contributed by atoms with van der Waals surface area (Å²) in [5.41, 5.74) is 4.06. The molecule has 1 N–H and O–H groups in total. The highest BCUT2D eigenvalue weighted by Gasteiger charge is 2.26. The molecule has 2 aromatic heterocycles. The number of hydrogen-bond acceptors (Lipinski definition) is 8. The summed E-state index contributed by atoms with van der Waals surface area (Å²) in [6.45, 7) is 3.03. The molecule has 0 saturated carbocycles. The zero-order chi connectivity index (χ0) is 28.1. The minimum atomic E-state index is -0.556. The Kier molecular flexibility index (Phi) is 8.16. The minimum Gasteiger partial charge on any atom is -0.465 e. The van der Waals surface area contributed by atoms with Crippen molar-refractivity contribution in [3.63, 3.8) is 0 Å². The molecule has 3 heterocycles. The number of piperidine rings is 1. The number of anilines is 1. The second-order valence-electron chi connectivity index (χ2n) is 9.36. The van der Waals surface area contributed by atoms with Gasteiger partial charge in [-0.3, -0.25) is 9.59 Å². The van der Waals surface area contributed by atoms with Gasteiger partial charge in [0.25, 0.3) is 0 Å². The standard InChI is InChI=1S/C30H28N4O5S/c1-19-27(28(33-39-19)20-8-4-3-5-9-20)24-18-40-29(32-24)21-14-16-34(17-15-21)26(36)13-12-25(35)31-23-11-7-6-10-22(23)30(37)38-2/h3-13,18,21H,14-17H2,1-2H3,(H,31,35)/b13-12+. The van der Waals surface area contributed by atoms with E-state index in [4.69, 9.17) is 14.2 Å². The van der Waals surface area contributed by atoms with Gasteiger partial charge in [0, 0.05) is 42.1 Å². The Morgan fingerprint density at radius 2 is 1.77 bits per heavy atom. The van der Waals surface area contributed by atoms with Gasteiger partial charge in [-0.1, -0.05) is 47.6 Å². The van der Waals surface area contributed by atoms with Crippen LogP contribution in [0.3, 0.4) is 0 Å². The number of aryl methyl sites for hydroxylation is 1. The lowest BCUT2D eigenvalue weighted by molar-refractivity contribution is -0.127. The number of thiazole rings is 1. The van der Waals surface area contributed by atoms with Crippen molar-refractivity contribution >= 4 is 34.8 Å². The maximum Gasteiger partial charge on any atom is 0.339 e. The molecule has 2 amide bonds. The highest BCUT2D eigenvalue weighted by atomic mass is 32.1. The van der Waals surface area contributed by atoms with Crippen LogP contribution in [0.4, 0.5) is 5.69 Å². The molecular formula is C30H28N4O5S. The first-order chi connectivity index (χ1) is 19.4. The van der Waals surface area contributed by atoms with Crippen molar-refractivity contribution < 1.29 is 23.6 Å². The number of aromatic nitrogens is 2. The molecule has 0 bridgehead atoms. The largest absolute Gasteiger partial charge is 0.465 e. The molecule has 0 spiro atoms. The fourth-order valence-electron chi connectivity index (χ4n) is 4.71. The summed E-state index contributed by atoms with van der Waals surface area (Å²) in [7, 11) is 1.27. The third kappa shape index (κ3) is 5.86. The number of nitrogens with zero attached hydrogens (tertiary/aromatic N) is 3. The van der Waals surface area contributed by atoms with Crippen molar-refractivity contribution in [1.29, 1.82) is 0 Å². The minimum absolute atomic E-state index is 0.234. The zero-order valence-electron chi connectivity index (χ0n) is 22.1. The summed E-state index contributed by atoms with van der Waals surface area (Å²) < 4.78 is 10.3. The summed E-state index contributed by atoms with van der Waals surface area (Å²) in [5.74, 6) is -0.332. The first kappa shape index (κ1) is 27.0. The average Bonchev–Trinajstić information content (AvgIpc) is 3.63. The lowest BCUT2D eigenvalue weighted by Gasteiger charge is -2.30. The van der Waals surface area contributed by atoms with Gasteiger partial charge in [-0.15, -0.1) is 11.3 Å². The predicted octanol–water partition coefficient (Wildman–Crippen LogP) is 5.46. The van der Waals surface area contributed by atoms with E-state index >= 15 is 0 Å². The van der Waals surface area contributed by atoms with E-state index < -0.39 is 11.9 Å². The van der Waals surface area contributed by atoms with Crippen molar-refractivity contribution in [1.82, 2.24) is 15.0 Å². The quantitative estimate of drug-likeness (QED) is 0.237. The Morgan fingerprint density at radius 1 is 1.05 bits per heavy atom. The lowest BCUT2D eigenvalue weighted by atomic mass is 9.97. The van der Waals surface area contributed by atoms with Crippen LogP contribution in [0.15, 0.2) is 76.7 Å². The lowest BCUT2D eigenvalue weighted by Crippen LogP contribution is -2.37. The fourth-order valence-corrected chi connectivity index (χ4v) is 5.69. The smallest absolute Gasteiger partial charge is 0.339 e. The summed E-state index contributed by atoms with van der Waals surface area (Å²) in [6.07, 6.45) is 4.00. The molecule has 0 atom stereocenters. The average molecular weight is 557 g/mol. The Morgan fingerprint density at radius 3 is 2.52 bits per heavy atom. The van der Waals surface area contributed by atoms with Crippen LogP contribution >= 0.6 is 11.3 Å². The number of hydrogen-bond donors (Lipinski definition) is 1. The molecule has 5 rings (SSSR count). The van der Waals surface area contributed by atoms with Crippen LogP contribution in [0.5, 0.6) is 0 Å². The number of nitrogens with one attached hydrogen (secondary N) is 1. The van der Waals surface area contributed by atoms with Crippen LogP contribution in [0.25, 0.3) is 22.5 Å². The molecular weight excluding hydrogens is 528 g/mol. The second-order valence-corrected chi connectivity index (χ2v) is 10.2. The van der Waals surface area contributed by atoms with E-state index in [9.17, 15) is 14.4 Å². The number of rotatable bonds is 7. The zero-order valence-corrected chi connectivity index (χ0v) is 22.9. The fraction of sp³-hybridized carbons (Fsp3) is 0.233. The molecule has 4 aromatic rings. The van der Waals surface area contributed by atoms with Crippen LogP contribution in [-0.4, -0.2) is 53.0 Å². The molecule has 10 heteroatoms. The van der Waals surface area contributed by atoms with Gasteiger partial charge in [0.05, 0.1) is 34.6 Å². The maximum absolute atomic E-state index is 12.7. The first-order valence-electron chi connectivity index (χ1n) is 12.9. The number of amides is 2. The van der Waals surface area contributed by atoms with Gasteiger partial charge >= 0.3 is 5.97 Å². The van der Waals surface area contributed by atoms with Gasteiger partial charge in [-0.2, -0.15) is 0 Å². The van der Waals surface area contributed by atoms with E-state index in [0.29, 0.717) is 18.8 Å². The van der Waals surface area contributed by atoms with Gasteiger partial charge in [0.1, 0.15) is 11.5 Å². The number of likely N-dealkylation sites (tertiary alicyclic amines) is 1. The van der Waals surface area contributed by atoms with Crippen LogP contribution in [0.1, 0.15) is 39.9 Å². The molecule has 1 fully saturated rings. The van der Waals surface area contributed by atoms with Crippen molar-refractivity contribution in [3.8, 4) is 22.5 Å². The number of carbonyl (C=O) groups excluding carboxylic acids is 3. The monoisotopic (exact) mass is 556 g/mol. The third-order valence-electron chi connectivity index (χ3n) is 6.81.